The number of hydrogen-bond donors (Lipinski definition) is 2. The van der Waals surface area contributed by atoms with Crippen molar-refractivity contribution in [2.75, 3.05) is 10.5 Å². The van der Waals surface area contributed by atoms with Crippen molar-refractivity contribution in [3.63, 3.8) is 0 Å². The van der Waals surface area contributed by atoms with E-state index in [1.165, 1.54) is 36.5 Å². The van der Waals surface area contributed by atoms with E-state index in [1.807, 2.05) is 6.07 Å². The van der Waals surface area contributed by atoms with Gasteiger partial charge in [-0.15, -0.1) is 0 Å². The van der Waals surface area contributed by atoms with Gasteiger partial charge < -0.3 is 5.73 Å². The molecule has 0 fully saturated rings. The molecule has 0 amide bonds. The summed E-state index contributed by atoms with van der Waals surface area (Å²) in [6, 6.07) is 8.75. The zero-order valence-corrected chi connectivity index (χ0v) is 11.6. The first-order valence-electron chi connectivity index (χ1n) is 5.36. The molecule has 0 aliphatic heterocycles. The summed E-state index contributed by atoms with van der Waals surface area (Å²) in [6.45, 7) is 0. The fourth-order valence-electron chi connectivity index (χ4n) is 1.45. The molecule has 1 heterocycles. The van der Waals surface area contributed by atoms with Gasteiger partial charge in [-0.3, -0.25) is 4.72 Å². The van der Waals surface area contributed by atoms with Gasteiger partial charge in [0.05, 0.1) is 28.5 Å². The standard InChI is InChI=1S/C12H9ClN4O2S/c13-10-5-8(6-14)1-3-11(10)20(18,19)17-12-4-2-9(15)7-16-12/h1-5,7H,15H2,(H,16,17). The van der Waals surface area contributed by atoms with Crippen LogP contribution in [0.15, 0.2) is 41.4 Å². The van der Waals surface area contributed by atoms with E-state index in [9.17, 15) is 8.42 Å². The van der Waals surface area contributed by atoms with E-state index in [4.69, 9.17) is 22.6 Å². The minimum atomic E-state index is -3.88. The maximum atomic E-state index is 12.2. The van der Waals surface area contributed by atoms with Gasteiger partial charge in [0.25, 0.3) is 10.0 Å². The third kappa shape index (κ3) is 2.99. The number of nitrogens with zero attached hydrogens (tertiary/aromatic N) is 2. The van der Waals surface area contributed by atoms with Crippen molar-refractivity contribution >= 4 is 33.1 Å². The molecule has 0 unspecified atom stereocenters. The van der Waals surface area contributed by atoms with E-state index in [0.29, 0.717) is 5.69 Å². The van der Waals surface area contributed by atoms with Crippen molar-refractivity contribution in [1.29, 1.82) is 5.26 Å². The molecule has 102 valence electrons. The van der Waals surface area contributed by atoms with Crippen LogP contribution in [0.5, 0.6) is 0 Å². The maximum Gasteiger partial charge on any atom is 0.264 e. The Balaban J connectivity index is 2.36. The number of nitrogen functional groups attached to an aromatic ring is 1. The summed E-state index contributed by atoms with van der Waals surface area (Å²) in [5, 5.41) is 8.69. The quantitative estimate of drug-likeness (QED) is 0.901. The van der Waals surface area contributed by atoms with Gasteiger partial charge in [-0.05, 0) is 30.3 Å². The Labute approximate surface area is 120 Å². The summed E-state index contributed by atoms with van der Waals surface area (Å²) < 4.78 is 26.6. The molecule has 0 bridgehead atoms. The van der Waals surface area contributed by atoms with E-state index in [0.717, 1.165) is 0 Å². The smallest absolute Gasteiger partial charge is 0.264 e. The topological polar surface area (TPSA) is 109 Å². The molecule has 0 saturated heterocycles. The second-order valence-corrected chi connectivity index (χ2v) is 5.90. The van der Waals surface area contributed by atoms with Crippen molar-refractivity contribution in [2.24, 2.45) is 0 Å². The number of hydrogen-bond acceptors (Lipinski definition) is 5. The van der Waals surface area contributed by atoms with Crippen LogP contribution in [-0.2, 0) is 10.0 Å². The summed E-state index contributed by atoms with van der Waals surface area (Å²) in [5.41, 5.74) is 6.16. The molecule has 3 N–H and O–H groups in total. The van der Waals surface area contributed by atoms with Gasteiger partial charge in [0.2, 0.25) is 0 Å². The van der Waals surface area contributed by atoms with Gasteiger partial charge in [-0.1, -0.05) is 11.6 Å². The number of nitrogens with one attached hydrogen (secondary N) is 1. The lowest BCUT2D eigenvalue weighted by Crippen LogP contribution is -2.14. The summed E-state index contributed by atoms with van der Waals surface area (Å²) in [4.78, 5) is 3.71. The number of pyridine rings is 1. The van der Waals surface area contributed by atoms with Crippen LogP contribution in [-0.4, -0.2) is 13.4 Å². The molecule has 2 rings (SSSR count). The van der Waals surface area contributed by atoms with Crippen LogP contribution < -0.4 is 10.5 Å². The summed E-state index contributed by atoms with van der Waals surface area (Å²) in [7, 11) is -3.88. The van der Waals surface area contributed by atoms with E-state index >= 15 is 0 Å². The van der Waals surface area contributed by atoms with E-state index in [2.05, 4.69) is 9.71 Å². The fourth-order valence-corrected chi connectivity index (χ4v) is 3.00. The first kappa shape index (κ1) is 14.1. The molecule has 20 heavy (non-hydrogen) atoms. The number of sulfonamides is 1. The van der Waals surface area contributed by atoms with E-state index in [-0.39, 0.29) is 21.3 Å². The van der Waals surface area contributed by atoms with E-state index in [1.54, 1.807) is 0 Å². The molecule has 0 aliphatic rings. The summed E-state index contributed by atoms with van der Waals surface area (Å²) >= 11 is 5.87. The van der Waals surface area contributed by atoms with Crippen LogP contribution >= 0.6 is 11.6 Å². The van der Waals surface area contributed by atoms with Crippen LogP contribution in [0.4, 0.5) is 11.5 Å². The lowest BCUT2D eigenvalue weighted by atomic mass is 10.2. The van der Waals surface area contributed by atoms with Crippen molar-refractivity contribution in [3.05, 3.63) is 47.1 Å². The van der Waals surface area contributed by atoms with Crippen molar-refractivity contribution in [2.45, 2.75) is 4.90 Å². The Bertz CT molecular complexity index is 782. The van der Waals surface area contributed by atoms with Crippen LogP contribution in [0.1, 0.15) is 5.56 Å². The van der Waals surface area contributed by atoms with Crippen LogP contribution in [0.3, 0.4) is 0 Å². The normalized spacial score (nSPS) is 10.8. The number of aromatic nitrogens is 1. The highest BCUT2D eigenvalue weighted by Crippen LogP contribution is 2.24. The van der Waals surface area contributed by atoms with Crippen molar-refractivity contribution in [3.8, 4) is 6.07 Å². The number of anilines is 2. The molecular weight excluding hydrogens is 300 g/mol. The highest BCUT2D eigenvalue weighted by Gasteiger charge is 2.18. The molecule has 0 radical (unpaired) electrons. The molecule has 8 heteroatoms. The Morgan fingerprint density at radius 2 is 2.05 bits per heavy atom. The van der Waals surface area contributed by atoms with Crippen LogP contribution in [0.2, 0.25) is 5.02 Å². The average Bonchev–Trinajstić information content (AvgIpc) is 2.40. The number of nitrogens with two attached hydrogens (primary N) is 1. The predicted octanol–water partition coefficient (Wildman–Crippen LogP) is 1.99. The largest absolute Gasteiger partial charge is 0.397 e. The SMILES string of the molecule is N#Cc1ccc(S(=O)(=O)Nc2ccc(N)cn2)c(Cl)c1. The van der Waals surface area contributed by atoms with Crippen molar-refractivity contribution < 1.29 is 8.42 Å². The second-order valence-electron chi connectivity index (χ2n) is 3.84. The molecule has 0 aliphatic carbocycles. The minimum absolute atomic E-state index is 0.0352. The number of nitriles is 1. The molecule has 1 aromatic carbocycles. The molecular formula is C12H9ClN4O2S. The molecule has 2 aromatic rings. The first-order chi connectivity index (χ1) is 9.42. The average molecular weight is 309 g/mol. The molecule has 0 atom stereocenters. The summed E-state index contributed by atoms with van der Waals surface area (Å²) in [6.07, 6.45) is 1.33. The highest BCUT2D eigenvalue weighted by atomic mass is 35.5. The van der Waals surface area contributed by atoms with Crippen LogP contribution in [0, 0.1) is 11.3 Å². The summed E-state index contributed by atoms with van der Waals surface area (Å²) in [5.74, 6) is 0.125. The first-order valence-corrected chi connectivity index (χ1v) is 7.22. The van der Waals surface area contributed by atoms with E-state index < -0.39 is 10.0 Å². The number of benzene rings is 1. The van der Waals surface area contributed by atoms with Gasteiger partial charge in [0.1, 0.15) is 10.7 Å². The predicted molar refractivity (Wildman–Crippen MR) is 75.6 cm³/mol. The van der Waals surface area contributed by atoms with Crippen molar-refractivity contribution in [1.82, 2.24) is 4.98 Å². The second kappa shape index (κ2) is 5.36. The zero-order chi connectivity index (χ0) is 14.8. The lowest BCUT2D eigenvalue weighted by Gasteiger charge is -2.09. The Kier molecular flexibility index (Phi) is 3.79. The lowest BCUT2D eigenvalue weighted by molar-refractivity contribution is 0.601. The molecule has 0 saturated carbocycles. The Morgan fingerprint density at radius 3 is 2.60 bits per heavy atom. The van der Waals surface area contributed by atoms with Gasteiger partial charge in [-0.2, -0.15) is 5.26 Å². The zero-order valence-electron chi connectivity index (χ0n) is 10.0. The third-order valence-corrected chi connectivity index (χ3v) is 4.21. The highest BCUT2D eigenvalue weighted by molar-refractivity contribution is 7.92. The maximum absolute atomic E-state index is 12.2. The number of rotatable bonds is 3. The van der Waals surface area contributed by atoms with Crippen LogP contribution in [0.25, 0.3) is 0 Å². The van der Waals surface area contributed by atoms with Gasteiger partial charge in [-0.25, -0.2) is 13.4 Å². The Hall–Kier alpha value is -2.30. The van der Waals surface area contributed by atoms with Gasteiger partial charge in [0, 0.05) is 0 Å². The fraction of sp³-hybridized carbons (Fsp3) is 0. The Morgan fingerprint density at radius 1 is 1.30 bits per heavy atom. The van der Waals surface area contributed by atoms with Gasteiger partial charge >= 0.3 is 0 Å². The molecule has 6 nitrogen and oxygen atoms in total. The monoisotopic (exact) mass is 308 g/mol. The number of halogens is 1. The van der Waals surface area contributed by atoms with Gasteiger partial charge in [0.15, 0.2) is 0 Å². The molecule has 0 spiro atoms. The minimum Gasteiger partial charge on any atom is -0.397 e. The third-order valence-electron chi connectivity index (χ3n) is 2.38. The molecule has 1 aromatic heterocycles.